The summed E-state index contributed by atoms with van der Waals surface area (Å²) >= 11 is 0. The molecule has 2 aromatic rings. The minimum atomic E-state index is -4.30. The molecule has 106 valence electrons. The van der Waals surface area contributed by atoms with Crippen molar-refractivity contribution in [3.8, 4) is 11.1 Å². The Kier molecular flexibility index (Phi) is 4.14. The molecule has 0 aliphatic carbocycles. The Bertz CT molecular complexity index is 556. The van der Waals surface area contributed by atoms with Crippen LogP contribution in [-0.2, 0) is 6.18 Å². The summed E-state index contributed by atoms with van der Waals surface area (Å²) in [5.41, 5.74) is 7.96. The molecule has 0 saturated carbocycles. The van der Waals surface area contributed by atoms with Crippen molar-refractivity contribution in [2.45, 2.75) is 25.6 Å². The molecule has 0 saturated heterocycles. The van der Waals surface area contributed by atoms with Gasteiger partial charge in [0.05, 0.1) is 5.56 Å². The standard InChI is InChI=1S/C16H16F3N/c1-2-15(20)13-5-3-11(4-6-13)12-7-9-14(10-8-12)16(17,18)19/h3-10,15H,2,20H2,1H3/t15-/m1/s1. The van der Waals surface area contributed by atoms with E-state index in [1.54, 1.807) is 0 Å². The fraction of sp³-hybridized carbons (Fsp3) is 0.250. The second-order valence-electron chi connectivity index (χ2n) is 4.71. The zero-order valence-electron chi connectivity index (χ0n) is 11.1. The Morgan fingerprint density at radius 2 is 1.35 bits per heavy atom. The van der Waals surface area contributed by atoms with Crippen LogP contribution in [0.1, 0.15) is 30.5 Å². The molecular weight excluding hydrogens is 263 g/mol. The number of hydrogen-bond donors (Lipinski definition) is 1. The van der Waals surface area contributed by atoms with E-state index >= 15 is 0 Å². The van der Waals surface area contributed by atoms with Crippen LogP contribution >= 0.6 is 0 Å². The summed E-state index contributed by atoms with van der Waals surface area (Å²) < 4.78 is 37.5. The first-order valence-corrected chi connectivity index (χ1v) is 6.45. The Labute approximate surface area is 116 Å². The predicted octanol–water partition coefficient (Wildman–Crippen LogP) is 4.78. The van der Waals surface area contributed by atoms with Crippen molar-refractivity contribution in [3.63, 3.8) is 0 Å². The number of alkyl halides is 3. The number of nitrogens with two attached hydrogens (primary N) is 1. The highest BCUT2D eigenvalue weighted by Crippen LogP contribution is 2.31. The van der Waals surface area contributed by atoms with Gasteiger partial charge in [-0.25, -0.2) is 0 Å². The van der Waals surface area contributed by atoms with Gasteiger partial charge in [-0.05, 0) is 35.2 Å². The first-order valence-electron chi connectivity index (χ1n) is 6.45. The molecular formula is C16H16F3N. The number of benzene rings is 2. The van der Waals surface area contributed by atoms with Crippen LogP contribution in [-0.4, -0.2) is 0 Å². The van der Waals surface area contributed by atoms with Crippen molar-refractivity contribution in [2.24, 2.45) is 5.73 Å². The van der Waals surface area contributed by atoms with E-state index in [1.807, 2.05) is 31.2 Å². The second kappa shape index (κ2) is 5.67. The third kappa shape index (κ3) is 3.20. The predicted molar refractivity (Wildman–Crippen MR) is 74.1 cm³/mol. The van der Waals surface area contributed by atoms with E-state index in [4.69, 9.17) is 5.73 Å². The molecule has 4 heteroatoms. The molecule has 2 N–H and O–H groups in total. The van der Waals surface area contributed by atoms with Crippen LogP contribution in [0.25, 0.3) is 11.1 Å². The number of halogens is 3. The summed E-state index contributed by atoms with van der Waals surface area (Å²) in [7, 11) is 0. The average molecular weight is 279 g/mol. The van der Waals surface area contributed by atoms with Gasteiger partial charge >= 0.3 is 6.18 Å². The fourth-order valence-electron chi connectivity index (χ4n) is 2.01. The molecule has 2 aromatic carbocycles. The molecule has 2 rings (SSSR count). The van der Waals surface area contributed by atoms with E-state index < -0.39 is 11.7 Å². The molecule has 0 aliphatic heterocycles. The Hall–Kier alpha value is -1.81. The Balaban J connectivity index is 2.24. The van der Waals surface area contributed by atoms with Gasteiger partial charge in [0.1, 0.15) is 0 Å². The Morgan fingerprint density at radius 3 is 1.75 bits per heavy atom. The van der Waals surface area contributed by atoms with E-state index in [9.17, 15) is 13.2 Å². The zero-order valence-corrected chi connectivity index (χ0v) is 11.1. The van der Waals surface area contributed by atoms with Crippen LogP contribution in [0.5, 0.6) is 0 Å². The zero-order chi connectivity index (χ0) is 14.8. The largest absolute Gasteiger partial charge is 0.416 e. The van der Waals surface area contributed by atoms with E-state index in [2.05, 4.69) is 0 Å². The highest BCUT2D eigenvalue weighted by Gasteiger charge is 2.29. The molecule has 0 bridgehead atoms. The normalized spacial score (nSPS) is 13.2. The molecule has 1 nitrogen and oxygen atoms in total. The van der Waals surface area contributed by atoms with Gasteiger partial charge in [0.2, 0.25) is 0 Å². The summed E-state index contributed by atoms with van der Waals surface area (Å²) in [6.45, 7) is 2.01. The third-order valence-corrected chi connectivity index (χ3v) is 3.32. The van der Waals surface area contributed by atoms with Gasteiger partial charge in [-0.15, -0.1) is 0 Å². The van der Waals surface area contributed by atoms with Gasteiger partial charge in [0.15, 0.2) is 0 Å². The van der Waals surface area contributed by atoms with Gasteiger partial charge in [0.25, 0.3) is 0 Å². The second-order valence-corrected chi connectivity index (χ2v) is 4.71. The highest BCUT2D eigenvalue weighted by molar-refractivity contribution is 5.64. The van der Waals surface area contributed by atoms with Crippen LogP contribution < -0.4 is 5.73 Å². The van der Waals surface area contributed by atoms with Crippen molar-refractivity contribution >= 4 is 0 Å². The third-order valence-electron chi connectivity index (χ3n) is 3.32. The lowest BCUT2D eigenvalue weighted by Gasteiger charge is -2.11. The lowest BCUT2D eigenvalue weighted by Crippen LogP contribution is -2.08. The summed E-state index contributed by atoms with van der Waals surface area (Å²) in [4.78, 5) is 0. The van der Waals surface area contributed by atoms with Crippen molar-refractivity contribution < 1.29 is 13.2 Å². The summed E-state index contributed by atoms with van der Waals surface area (Å²) in [5, 5.41) is 0. The van der Waals surface area contributed by atoms with Gasteiger partial charge < -0.3 is 5.73 Å². The van der Waals surface area contributed by atoms with Crippen LogP contribution in [0, 0.1) is 0 Å². The summed E-state index contributed by atoms with van der Waals surface area (Å²) in [5.74, 6) is 0. The lowest BCUT2D eigenvalue weighted by atomic mass is 9.99. The van der Waals surface area contributed by atoms with Crippen LogP contribution in [0.4, 0.5) is 13.2 Å². The Morgan fingerprint density at radius 1 is 0.900 bits per heavy atom. The SMILES string of the molecule is CC[C@@H](N)c1ccc(-c2ccc(C(F)(F)F)cc2)cc1. The van der Waals surface area contributed by atoms with E-state index in [0.29, 0.717) is 0 Å². The minimum absolute atomic E-state index is 0.00310. The molecule has 0 unspecified atom stereocenters. The monoisotopic (exact) mass is 279 g/mol. The first-order chi connectivity index (χ1) is 9.41. The molecule has 20 heavy (non-hydrogen) atoms. The molecule has 1 atom stereocenters. The maximum Gasteiger partial charge on any atom is 0.416 e. The van der Waals surface area contributed by atoms with Crippen molar-refractivity contribution in [1.29, 1.82) is 0 Å². The first kappa shape index (κ1) is 14.6. The molecule has 0 heterocycles. The molecule has 0 aromatic heterocycles. The maximum atomic E-state index is 12.5. The van der Waals surface area contributed by atoms with E-state index in [1.165, 1.54) is 12.1 Å². The number of hydrogen-bond acceptors (Lipinski definition) is 1. The topological polar surface area (TPSA) is 26.0 Å². The molecule has 0 spiro atoms. The smallest absolute Gasteiger partial charge is 0.324 e. The van der Waals surface area contributed by atoms with Crippen LogP contribution in [0.2, 0.25) is 0 Å². The van der Waals surface area contributed by atoms with E-state index in [-0.39, 0.29) is 6.04 Å². The summed E-state index contributed by atoms with van der Waals surface area (Å²) in [6, 6.07) is 12.8. The molecule has 0 amide bonds. The average Bonchev–Trinajstić information content (AvgIpc) is 2.46. The summed E-state index contributed by atoms with van der Waals surface area (Å²) in [6.07, 6.45) is -3.45. The van der Waals surface area contributed by atoms with Crippen LogP contribution in [0.15, 0.2) is 48.5 Å². The lowest BCUT2D eigenvalue weighted by molar-refractivity contribution is -0.137. The number of rotatable bonds is 3. The maximum absolute atomic E-state index is 12.5. The van der Waals surface area contributed by atoms with Gasteiger partial charge in [0, 0.05) is 6.04 Å². The fourth-order valence-corrected chi connectivity index (χ4v) is 2.01. The molecule has 0 radical (unpaired) electrons. The quantitative estimate of drug-likeness (QED) is 0.859. The van der Waals surface area contributed by atoms with Gasteiger partial charge in [-0.2, -0.15) is 13.2 Å². The van der Waals surface area contributed by atoms with E-state index in [0.717, 1.165) is 35.2 Å². The van der Waals surface area contributed by atoms with Crippen molar-refractivity contribution in [2.75, 3.05) is 0 Å². The van der Waals surface area contributed by atoms with Crippen LogP contribution in [0.3, 0.4) is 0 Å². The van der Waals surface area contributed by atoms with Crippen molar-refractivity contribution in [1.82, 2.24) is 0 Å². The van der Waals surface area contributed by atoms with Gasteiger partial charge in [-0.1, -0.05) is 43.3 Å². The highest BCUT2D eigenvalue weighted by atomic mass is 19.4. The molecule has 0 fully saturated rings. The van der Waals surface area contributed by atoms with Crippen molar-refractivity contribution in [3.05, 3.63) is 59.7 Å². The molecule has 0 aliphatic rings. The van der Waals surface area contributed by atoms with Gasteiger partial charge in [-0.3, -0.25) is 0 Å². The minimum Gasteiger partial charge on any atom is -0.324 e.